The highest BCUT2D eigenvalue weighted by atomic mass is 32.1. The summed E-state index contributed by atoms with van der Waals surface area (Å²) in [6.07, 6.45) is 0.941. The molecule has 0 aliphatic heterocycles. The van der Waals surface area contributed by atoms with E-state index in [-0.39, 0.29) is 5.91 Å². The summed E-state index contributed by atoms with van der Waals surface area (Å²) in [5.74, 6) is 0.887. The molecule has 0 aliphatic carbocycles. The smallest absolute Gasteiger partial charge is 0.220 e. The van der Waals surface area contributed by atoms with Gasteiger partial charge in [0.1, 0.15) is 10.8 Å². The van der Waals surface area contributed by atoms with Crippen LogP contribution in [0.15, 0.2) is 78.9 Å². The van der Waals surface area contributed by atoms with Crippen molar-refractivity contribution in [3.63, 3.8) is 0 Å². The second-order valence-corrected chi connectivity index (χ2v) is 8.15. The van der Waals surface area contributed by atoms with Gasteiger partial charge in [0, 0.05) is 18.5 Å². The van der Waals surface area contributed by atoms with Gasteiger partial charge >= 0.3 is 0 Å². The average Bonchev–Trinajstić information content (AvgIpc) is 3.37. The number of para-hydroxylation sites is 4. The molecule has 6 heteroatoms. The standard InChI is InChI=1S/C24H20N4OS/c29-23(25-16-24-27-19-11-5-7-13-21(19)30-24)15-14-22-26-18-10-4-6-12-20(18)28(22)17-8-2-1-3-9-17/h1-13H,14-16H2,(H,25,29). The zero-order chi connectivity index (χ0) is 20.3. The fourth-order valence-corrected chi connectivity index (χ4v) is 4.50. The van der Waals surface area contributed by atoms with E-state index in [0.717, 1.165) is 37.8 Å². The SMILES string of the molecule is O=C(CCc1nc2ccccc2n1-c1ccccc1)NCc1nc2ccccc2s1. The molecule has 1 N–H and O–H groups in total. The number of hydrogen-bond donors (Lipinski definition) is 1. The van der Waals surface area contributed by atoms with Crippen LogP contribution in [0.1, 0.15) is 17.3 Å². The van der Waals surface area contributed by atoms with Crippen LogP contribution in [0.3, 0.4) is 0 Å². The van der Waals surface area contributed by atoms with Gasteiger partial charge < -0.3 is 5.32 Å². The zero-order valence-corrected chi connectivity index (χ0v) is 17.1. The van der Waals surface area contributed by atoms with Crippen molar-refractivity contribution in [2.45, 2.75) is 19.4 Å². The molecule has 0 atom stereocenters. The number of imidazole rings is 1. The predicted octanol–water partition coefficient (Wildman–Crippen LogP) is 4.88. The second kappa shape index (κ2) is 8.08. The third kappa shape index (κ3) is 3.69. The van der Waals surface area contributed by atoms with Crippen molar-refractivity contribution in [2.24, 2.45) is 0 Å². The molecule has 0 fully saturated rings. The number of fused-ring (bicyclic) bond motifs is 2. The van der Waals surface area contributed by atoms with E-state index >= 15 is 0 Å². The van der Waals surface area contributed by atoms with Gasteiger partial charge in [0.05, 0.1) is 27.8 Å². The lowest BCUT2D eigenvalue weighted by Crippen LogP contribution is -2.23. The maximum Gasteiger partial charge on any atom is 0.220 e. The summed E-state index contributed by atoms with van der Waals surface area (Å²) in [5.41, 5.74) is 4.01. The minimum Gasteiger partial charge on any atom is -0.350 e. The van der Waals surface area contributed by atoms with E-state index in [1.165, 1.54) is 0 Å². The summed E-state index contributed by atoms with van der Waals surface area (Å²) in [6, 6.07) is 26.2. The third-order valence-corrected chi connectivity index (χ3v) is 6.03. The summed E-state index contributed by atoms with van der Waals surface area (Å²) in [6.45, 7) is 0.452. The fraction of sp³-hybridized carbons (Fsp3) is 0.125. The maximum atomic E-state index is 12.5. The molecule has 5 aromatic rings. The van der Waals surface area contributed by atoms with Crippen molar-refractivity contribution in [1.29, 1.82) is 0 Å². The monoisotopic (exact) mass is 412 g/mol. The lowest BCUT2D eigenvalue weighted by atomic mass is 10.2. The van der Waals surface area contributed by atoms with Crippen LogP contribution in [0.5, 0.6) is 0 Å². The van der Waals surface area contributed by atoms with Crippen molar-refractivity contribution in [1.82, 2.24) is 19.9 Å². The number of rotatable bonds is 6. The van der Waals surface area contributed by atoms with Crippen molar-refractivity contribution in [2.75, 3.05) is 0 Å². The summed E-state index contributed by atoms with van der Waals surface area (Å²) in [5, 5.41) is 3.91. The minimum atomic E-state index is 0.000855. The fourth-order valence-electron chi connectivity index (χ4n) is 3.59. The van der Waals surface area contributed by atoms with Gasteiger partial charge in [-0.15, -0.1) is 11.3 Å². The number of thiazole rings is 1. The highest BCUT2D eigenvalue weighted by Gasteiger charge is 2.14. The Labute approximate surface area is 178 Å². The number of carbonyl (C=O) groups excluding carboxylic acids is 1. The van der Waals surface area contributed by atoms with Crippen molar-refractivity contribution in [3.8, 4) is 5.69 Å². The van der Waals surface area contributed by atoms with Crippen LogP contribution in [-0.4, -0.2) is 20.4 Å². The van der Waals surface area contributed by atoms with Gasteiger partial charge in [-0.05, 0) is 36.4 Å². The normalized spacial score (nSPS) is 11.2. The molecule has 30 heavy (non-hydrogen) atoms. The topological polar surface area (TPSA) is 59.8 Å². The van der Waals surface area contributed by atoms with E-state index in [0.29, 0.717) is 19.4 Å². The van der Waals surface area contributed by atoms with Gasteiger partial charge in [0.2, 0.25) is 5.91 Å². The molecule has 148 valence electrons. The Hall–Kier alpha value is -3.51. The number of amides is 1. The first-order valence-corrected chi connectivity index (χ1v) is 10.7. The molecule has 0 bridgehead atoms. The van der Waals surface area contributed by atoms with Gasteiger partial charge in [-0.2, -0.15) is 0 Å². The van der Waals surface area contributed by atoms with Crippen molar-refractivity contribution >= 4 is 38.5 Å². The van der Waals surface area contributed by atoms with Crippen LogP contribution in [0.2, 0.25) is 0 Å². The van der Waals surface area contributed by atoms with Crippen LogP contribution < -0.4 is 5.32 Å². The number of nitrogens with zero attached hydrogens (tertiary/aromatic N) is 3. The minimum absolute atomic E-state index is 0.000855. The van der Waals surface area contributed by atoms with Crippen LogP contribution in [0.4, 0.5) is 0 Å². The van der Waals surface area contributed by atoms with Gasteiger partial charge in [-0.25, -0.2) is 9.97 Å². The molecule has 3 aromatic carbocycles. The van der Waals surface area contributed by atoms with E-state index in [2.05, 4.69) is 33.1 Å². The van der Waals surface area contributed by atoms with E-state index in [4.69, 9.17) is 4.98 Å². The van der Waals surface area contributed by atoms with Crippen LogP contribution in [0.25, 0.3) is 26.9 Å². The van der Waals surface area contributed by atoms with E-state index in [1.54, 1.807) is 11.3 Å². The second-order valence-electron chi connectivity index (χ2n) is 7.04. The molecular formula is C24H20N4OS. The Morgan fingerprint density at radius 3 is 2.43 bits per heavy atom. The summed E-state index contributed by atoms with van der Waals surface area (Å²) < 4.78 is 3.27. The molecule has 0 saturated carbocycles. The van der Waals surface area contributed by atoms with Crippen LogP contribution >= 0.6 is 11.3 Å². The summed E-state index contributed by atoms with van der Waals surface area (Å²) in [4.78, 5) is 21.9. The molecule has 2 heterocycles. The highest BCUT2D eigenvalue weighted by Crippen LogP contribution is 2.23. The van der Waals surface area contributed by atoms with Crippen LogP contribution in [-0.2, 0) is 17.8 Å². The van der Waals surface area contributed by atoms with Crippen molar-refractivity contribution in [3.05, 3.63) is 89.7 Å². The Morgan fingerprint density at radius 1 is 0.867 bits per heavy atom. The maximum absolute atomic E-state index is 12.5. The lowest BCUT2D eigenvalue weighted by molar-refractivity contribution is -0.121. The van der Waals surface area contributed by atoms with E-state index < -0.39 is 0 Å². The Balaban J connectivity index is 1.30. The molecule has 0 aliphatic rings. The Kier molecular flexibility index (Phi) is 4.99. The summed E-state index contributed by atoms with van der Waals surface area (Å²) in [7, 11) is 0. The number of benzene rings is 3. The molecule has 0 saturated heterocycles. The molecular weight excluding hydrogens is 392 g/mol. The first kappa shape index (κ1) is 18.5. The van der Waals surface area contributed by atoms with Gasteiger partial charge in [0.15, 0.2) is 0 Å². The van der Waals surface area contributed by atoms with E-state index in [9.17, 15) is 4.79 Å². The summed E-state index contributed by atoms with van der Waals surface area (Å²) >= 11 is 1.61. The molecule has 2 aromatic heterocycles. The molecule has 0 unspecified atom stereocenters. The molecule has 1 amide bonds. The highest BCUT2D eigenvalue weighted by molar-refractivity contribution is 7.18. The lowest BCUT2D eigenvalue weighted by Gasteiger charge is -2.09. The molecule has 5 nitrogen and oxygen atoms in total. The predicted molar refractivity (Wildman–Crippen MR) is 121 cm³/mol. The molecule has 5 rings (SSSR count). The first-order chi connectivity index (χ1) is 14.8. The Morgan fingerprint density at radius 2 is 1.60 bits per heavy atom. The van der Waals surface area contributed by atoms with Crippen LogP contribution in [0, 0.1) is 0 Å². The quantitative estimate of drug-likeness (QED) is 0.432. The zero-order valence-electron chi connectivity index (χ0n) is 16.3. The number of nitrogens with one attached hydrogen (secondary N) is 1. The van der Waals surface area contributed by atoms with Gasteiger partial charge in [-0.3, -0.25) is 9.36 Å². The Bertz CT molecular complexity index is 1290. The number of aryl methyl sites for hydroxylation is 1. The van der Waals surface area contributed by atoms with Gasteiger partial charge in [0.25, 0.3) is 0 Å². The third-order valence-electron chi connectivity index (χ3n) is 5.00. The van der Waals surface area contributed by atoms with Gasteiger partial charge in [-0.1, -0.05) is 42.5 Å². The first-order valence-electron chi connectivity index (χ1n) is 9.91. The number of hydrogen-bond acceptors (Lipinski definition) is 4. The molecule has 0 spiro atoms. The number of aromatic nitrogens is 3. The number of carbonyl (C=O) groups is 1. The molecule has 0 radical (unpaired) electrons. The van der Waals surface area contributed by atoms with E-state index in [1.807, 2.05) is 60.7 Å². The van der Waals surface area contributed by atoms with Crippen molar-refractivity contribution < 1.29 is 4.79 Å². The largest absolute Gasteiger partial charge is 0.350 e. The average molecular weight is 413 g/mol.